The fourth-order valence-electron chi connectivity index (χ4n) is 3.68. The van der Waals surface area contributed by atoms with Crippen molar-refractivity contribution in [1.82, 2.24) is 10.3 Å². The smallest absolute Gasteiger partial charge is 0.274 e. The molecule has 0 spiro atoms. The van der Waals surface area contributed by atoms with Gasteiger partial charge in [-0.1, -0.05) is 60.7 Å². The van der Waals surface area contributed by atoms with Crippen LogP contribution in [0, 0.1) is 0 Å². The molecule has 7 nitrogen and oxygen atoms in total. The lowest BCUT2D eigenvalue weighted by Gasteiger charge is -2.22. The van der Waals surface area contributed by atoms with Gasteiger partial charge in [0.2, 0.25) is 0 Å². The van der Waals surface area contributed by atoms with Crippen molar-refractivity contribution in [1.29, 1.82) is 0 Å². The first-order valence-corrected chi connectivity index (χ1v) is 10.8. The number of nitrogens with one attached hydrogen (secondary N) is 1. The van der Waals surface area contributed by atoms with E-state index in [-0.39, 0.29) is 37.6 Å². The van der Waals surface area contributed by atoms with Crippen LogP contribution in [0.25, 0.3) is 0 Å². The van der Waals surface area contributed by atoms with Gasteiger partial charge in [0, 0.05) is 18.5 Å². The maximum Gasteiger partial charge on any atom is 0.274 e. The Morgan fingerprint density at radius 1 is 1.00 bits per heavy atom. The van der Waals surface area contributed by atoms with E-state index in [9.17, 15) is 9.59 Å². The van der Waals surface area contributed by atoms with E-state index < -0.39 is 0 Å². The number of rotatable bonds is 8. The molecule has 3 aromatic rings. The molecule has 0 aliphatic carbocycles. The number of ether oxygens (including phenoxy) is 1. The van der Waals surface area contributed by atoms with Crippen molar-refractivity contribution >= 4 is 17.5 Å². The van der Waals surface area contributed by atoms with Crippen molar-refractivity contribution in [3.8, 4) is 5.75 Å². The summed E-state index contributed by atoms with van der Waals surface area (Å²) in [5, 5.41) is 17.6. The largest absolute Gasteiger partial charge is 0.484 e. The molecule has 1 atom stereocenters. The second kappa shape index (κ2) is 10.6. The lowest BCUT2D eigenvalue weighted by Crippen LogP contribution is -2.31. The molecule has 168 valence electrons. The number of hydrazone groups is 1. The van der Waals surface area contributed by atoms with E-state index in [0.29, 0.717) is 17.7 Å². The lowest BCUT2D eigenvalue weighted by atomic mass is 9.98. The van der Waals surface area contributed by atoms with Crippen molar-refractivity contribution in [3.05, 3.63) is 102 Å². The summed E-state index contributed by atoms with van der Waals surface area (Å²) in [7, 11) is 0. The van der Waals surface area contributed by atoms with Gasteiger partial charge in [0.05, 0.1) is 18.4 Å². The van der Waals surface area contributed by atoms with Crippen molar-refractivity contribution in [3.63, 3.8) is 0 Å². The molecule has 2 N–H and O–H groups in total. The van der Waals surface area contributed by atoms with Crippen LogP contribution in [0.2, 0.25) is 0 Å². The molecule has 7 heteroatoms. The van der Waals surface area contributed by atoms with E-state index >= 15 is 0 Å². The first-order valence-electron chi connectivity index (χ1n) is 10.8. The van der Waals surface area contributed by atoms with E-state index in [1.165, 1.54) is 5.01 Å². The Bertz CT molecular complexity index is 1130. The van der Waals surface area contributed by atoms with Crippen LogP contribution in [0.1, 0.15) is 33.9 Å². The van der Waals surface area contributed by atoms with Gasteiger partial charge in [-0.05, 0) is 35.4 Å². The van der Waals surface area contributed by atoms with Gasteiger partial charge in [0.25, 0.3) is 11.8 Å². The second-order valence-corrected chi connectivity index (χ2v) is 7.58. The van der Waals surface area contributed by atoms with Gasteiger partial charge in [0.1, 0.15) is 5.75 Å². The molecule has 4 rings (SSSR count). The van der Waals surface area contributed by atoms with E-state index in [0.717, 1.165) is 16.8 Å². The van der Waals surface area contributed by atoms with Gasteiger partial charge >= 0.3 is 0 Å². The molecule has 2 amide bonds. The molecule has 33 heavy (non-hydrogen) atoms. The number of aliphatic hydroxyl groups excluding tert-OH is 1. The highest BCUT2D eigenvalue weighted by atomic mass is 16.5. The fourth-order valence-corrected chi connectivity index (χ4v) is 3.68. The number of nitrogens with zero attached hydrogens (tertiary/aromatic N) is 2. The molecule has 0 fully saturated rings. The van der Waals surface area contributed by atoms with Gasteiger partial charge < -0.3 is 15.2 Å². The Balaban J connectivity index is 1.58. The molecule has 0 saturated carbocycles. The maximum atomic E-state index is 13.3. The molecule has 0 saturated heterocycles. The third-order valence-electron chi connectivity index (χ3n) is 5.29. The molecule has 0 bridgehead atoms. The van der Waals surface area contributed by atoms with Crippen LogP contribution in [0.4, 0.5) is 0 Å². The van der Waals surface area contributed by atoms with E-state index in [1.807, 2.05) is 66.7 Å². The average molecular weight is 444 g/mol. The summed E-state index contributed by atoms with van der Waals surface area (Å²) < 4.78 is 5.62. The summed E-state index contributed by atoms with van der Waals surface area (Å²) >= 11 is 0. The summed E-state index contributed by atoms with van der Waals surface area (Å²) in [5.41, 5.74) is 3.23. The maximum absolute atomic E-state index is 13.3. The highest BCUT2D eigenvalue weighted by Crippen LogP contribution is 2.35. The van der Waals surface area contributed by atoms with Crippen LogP contribution < -0.4 is 10.1 Å². The third-order valence-corrected chi connectivity index (χ3v) is 5.29. The minimum atomic E-state index is -0.314. The van der Waals surface area contributed by atoms with Crippen LogP contribution in [-0.2, 0) is 4.79 Å². The Morgan fingerprint density at radius 3 is 2.45 bits per heavy atom. The highest BCUT2D eigenvalue weighted by molar-refractivity contribution is 6.05. The van der Waals surface area contributed by atoms with Gasteiger partial charge in [0.15, 0.2) is 6.61 Å². The van der Waals surface area contributed by atoms with Crippen LogP contribution in [-0.4, -0.2) is 47.4 Å². The highest BCUT2D eigenvalue weighted by Gasteiger charge is 2.33. The SMILES string of the molecule is O=C(COc1cccc([C@H]2CC(c3ccccc3)=NN2C(=O)c2ccccc2)c1)NCCO. The molecule has 1 heterocycles. The minimum Gasteiger partial charge on any atom is -0.484 e. The molecule has 1 aliphatic heterocycles. The van der Waals surface area contributed by atoms with E-state index in [2.05, 4.69) is 5.32 Å². The molecule has 1 aliphatic rings. The third kappa shape index (κ3) is 5.45. The zero-order valence-electron chi connectivity index (χ0n) is 18.1. The van der Waals surface area contributed by atoms with Crippen molar-refractivity contribution < 1.29 is 19.4 Å². The number of benzene rings is 3. The summed E-state index contributed by atoms with van der Waals surface area (Å²) in [6, 6.07) is 25.9. The molecule has 3 aromatic carbocycles. The number of hydrogen-bond acceptors (Lipinski definition) is 5. The van der Waals surface area contributed by atoms with E-state index in [4.69, 9.17) is 14.9 Å². The van der Waals surface area contributed by atoms with Gasteiger partial charge in [-0.15, -0.1) is 0 Å². The number of carbonyl (C=O) groups excluding carboxylic acids is 2. The Kier molecular flexibility index (Phi) is 7.12. The molecular weight excluding hydrogens is 418 g/mol. The predicted molar refractivity (Wildman–Crippen MR) is 125 cm³/mol. The van der Waals surface area contributed by atoms with Crippen LogP contribution in [0.15, 0.2) is 90.0 Å². The normalized spacial score (nSPS) is 15.1. The first-order chi connectivity index (χ1) is 16.2. The summed E-state index contributed by atoms with van der Waals surface area (Å²) in [6.07, 6.45) is 0.559. The molecular formula is C26H25N3O4. The standard InChI is InChI=1S/C26H25N3O4/c30-15-14-27-25(31)18-33-22-13-7-12-21(16-22)24-17-23(19-8-3-1-4-9-19)28-29(24)26(32)20-10-5-2-6-11-20/h1-13,16,24,30H,14-15,17-18H2,(H,27,31)/t24-/m1/s1. The average Bonchev–Trinajstić information content (AvgIpc) is 3.32. The van der Waals surface area contributed by atoms with Gasteiger partial charge in [-0.3, -0.25) is 9.59 Å². The Hall–Kier alpha value is -3.97. The van der Waals surface area contributed by atoms with Crippen molar-refractivity contribution in [2.45, 2.75) is 12.5 Å². The zero-order chi connectivity index (χ0) is 23.0. The molecule has 0 unspecified atom stereocenters. The first kappa shape index (κ1) is 22.2. The number of hydrogen-bond donors (Lipinski definition) is 2. The van der Waals surface area contributed by atoms with Crippen LogP contribution in [0.5, 0.6) is 5.75 Å². The lowest BCUT2D eigenvalue weighted by molar-refractivity contribution is -0.123. The minimum absolute atomic E-state index is 0.127. The Labute approximate surface area is 192 Å². The monoisotopic (exact) mass is 443 g/mol. The molecule has 0 aromatic heterocycles. The molecule has 0 radical (unpaired) electrons. The van der Waals surface area contributed by atoms with Gasteiger partial charge in [-0.25, -0.2) is 5.01 Å². The number of amides is 2. The van der Waals surface area contributed by atoms with E-state index in [1.54, 1.807) is 18.2 Å². The predicted octanol–water partition coefficient (Wildman–Crippen LogP) is 3.17. The fraction of sp³-hybridized carbons (Fsp3) is 0.192. The van der Waals surface area contributed by atoms with Crippen LogP contribution >= 0.6 is 0 Å². The number of carbonyl (C=O) groups is 2. The number of aliphatic hydroxyl groups is 1. The summed E-state index contributed by atoms with van der Waals surface area (Å²) in [5.74, 6) is 0.0269. The van der Waals surface area contributed by atoms with Crippen LogP contribution in [0.3, 0.4) is 0 Å². The Morgan fingerprint density at radius 2 is 1.73 bits per heavy atom. The summed E-state index contributed by atoms with van der Waals surface area (Å²) in [4.78, 5) is 25.1. The second-order valence-electron chi connectivity index (χ2n) is 7.58. The van der Waals surface area contributed by atoms with Crippen molar-refractivity contribution in [2.75, 3.05) is 19.8 Å². The van der Waals surface area contributed by atoms with Crippen molar-refractivity contribution in [2.24, 2.45) is 5.10 Å². The quantitative estimate of drug-likeness (QED) is 0.560. The van der Waals surface area contributed by atoms with Gasteiger partial charge in [-0.2, -0.15) is 5.10 Å². The topological polar surface area (TPSA) is 91.2 Å². The summed E-state index contributed by atoms with van der Waals surface area (Å²) in [6.45, 7) is -0.106. The zero-order valence-corrected chi connectivity index (χ0v) is 18.1.